The molecule has 0 radical (unpaired) electrons. The van der Waals surface area contributed by atoms with Crippen molar-refractivity contribution in [2.45, 2.75) is 19.0 Å². The van der Waals surface area contributed by atoms with Crippen LogP contribution >= 0.6 is 0 Å². The Morgan fingerprint density at radius 2 is 2.05 bits per heavy atom. The van der Waals surface area contributed by atoms with Crippen molar-refractivity contribution < 1.29 is 10.2 Å². The molecule has 0 bridgehead atoms. The maximum absolute atomic E-state index is 10.6. The molecule has 2 aliphatic heterocycles. The van der Waals surface area contributed by atoms with Crippen molar-refractivity contribution in [1.82, 2.24) is 5.32 Å². The molecule has 3 N–H and O–H groups in total. The second-order valence-corrected chi connectivity index (χ2v) is 4.95. The maximum atomic E-state index is 10.6. The predicted molar refractivity (Wildman–Crippen MR) is 79.0 cm³/mol. The second kappa shape index (κ2) is 5.43. The fraction of sp³-hybridized carbons (Fsp3) is 0.250. The number of anilines is 1. The third kappa shape index (κ3) is 2.18. The van der Waals surface area contributed by atoms with E-state index in [-0.39, 0.29) is 18.7 Å². The van der Waals surface area contributed by atoms with Crippen LogP contribution in [-0.2, 0) is 0 Å². The number of fused-ring (bicyclic) bond motifs is 1. The Bertz CT molecular complexity index is 575. The smallest absolute Gasteiger partial charge is 0.192 e. The lowest BCUT2D eigenvalue weighted by molar-refractivity contribution is 0.287. The van der Waals surface area contributed by atoms with Crippen LogP contribution in [0.4, 0.5) is 5.69 Å². The zero-order valence-corrected chi connectivity index (χ0v) is 11.2. The average molecular weight is 270 g/mol. The monoisotopic (exact) mass is 270 g/mol. The number of aliphatic hydroxyl groups is 2. The minimum absolute atomic E-state index is 0.0449. The summed E-state index contributed by atoms with van der Waals surface area (Å²) in [5, 5.41) is 23.0. The quantitative estimate of drug-likeness (QED) is 0.789. The molecule has 4 heteroatoms. The second-order valence-electron chi connectivity index (χ2n) is 4.95. The molecular formula is C16H18N2O2. The Kier molecular flexibility index (Phi) is 3.48. The zero-order chi connectivity index (χ0) is 13.9. The summed E-state index contributed by atoms with van der Waals surface area (Å²) in [6.45, 7) is 0.0449. The standard InChI is InChI=1S/C16H18N2O2/c19-10-8-13-11-12-5-4-9-17-15(12)18(16(13)20)14-6-2-1-3-7-14/h1-7,9,15,17,19-20H,8,10-11H2. The maximum Gasteiger partial charge on any atom is 0.192 e. The van der Waals surface area contributed by atoms with Gasteiger partial charge >= 0.3 is 0 Å². The summed E-state index contributed by atoms with van der Waals surface area (Å²) in [7, 11) is 0. The summed E-state index contributed by atoms with van der Waals surface area (Å²) < 4.78 is 0. The van der Waals surface area contributed by atoms with E-state index < -0.39 is 0 Å². The lowest BCUT2D eigenvalue weighted by atomic mass is 9.94. The Hall–Kier alpha value is -2.20. The summed E-state index contributed by atoms with van der Waals surface area (Å²) in [5.74, 6) is 0.246. The molecule has 0 saturated carbocycles. The number of nitrogens with one attached hydrogen (secondary N) is 1. The highest BCUT2D eigenvalue weighted by atomic mass is 16.3. The van der Waals surface area contributed by atoms with E-state index in [1.807, 2.05) is 47.5 Å². The summed E-state index contributed by atoms with van der Waals surface area (Å²) in [6.07, 6.45) is 7.04. The first-order chi connectivity index (χ1) is 9.81. The number of para-hydroxylation sites is 1. The fourth-order valence-electron chi connectivity index (χ4n) is 2.73. The van der Waals surface area contributed by atoms with Gasteiger partial charge < -0.3 is 15.5 Å². The number of benzene rings is 1. The molecule has 0 amide bonds. The Morgan fingerprint density at radius 1 is 1.25 bits per heavy atom. The molecule has 0 spiro atoms. The van der Waals surface area contributed by atoms with Gasteiger partial charge in [0.25, 0.3) is 0 Å². The van der Waals surface area contributed by atoms with Gasteiger partial charge in [-0.15, -0.1) is 0 Å². The normalized spacial score (nSPS) is 21.4. The van der Waals surface area contributed by atoms with Crippen LogP contribution in [-0.4, -0.2) is 23.0 Å². The molecule has 1 atom stereocenters. The Labute approximate surface area is 118 Å². The van der Waals surface area contributed by atoms with Gasteiger partial charge in [-0.3, -0.25) is 4.90 Å². The van der Waals surface area contributed by atoms with Crippen LogP contribution in [0, 0.1) is 0 Å². The van der Waals surface area contributed by atoms with E-state index in [2.05, 4.69) is 11.4 Å². The van der Waals surface area contributed by atoms with Crippen molar-refractivity contribution in [1.29, 1.82) is 0 Å². The molecular weight excluding hydrogens is 252 g/mol. The van der Waals surface area contributed by atoms with Crippen molar-refractivity contribution >= 4 is 5.69 Å². The SMILES string of the molecule is OCCC1=C(O)N(c2ccccc2)C2NC=CC=C2C1. The number of hydrogen-bond acceptors (Lipinski definition) is 4. The van der Waals surface area contributed by atoms with E-state index in [9.17, 15) is 10.2 Å². The first kappa shape index (κ1) is 12.8. The van der Waals surface area contributed by atoms with Crippen LogP contribution < -0.4 is 10.2 Å². The van der Waals surface area contributed by atoms with Crippen molar-refractivity contribution in [2.75, 3.05) is 11.5 Å². The molecule has 0 saturated heterocycles. The average Bonchev–Trinajstić information content (AvgIpc) is 2.49. The molecule has 20 heavy (non-hydrogen) atoms. The van der Waals surface area contributed by atoms with Crippen molar-refractivity contribution in [2.24, 2.45) is 0 Å². The van der Waals surface area contributed by atoms with Gasteiger partial charge in [0.2, 0.25) is 0 Å². The van der Waals surface area contributed by atoms with Crippen LogP contribution in [0.15, 0.2) is 65.7 Å². The molecule has 0 aromatic heterocycles. The van der Waals surface area contributed by atoms with Gasteiger partial charge in [-0.05, 0) is 48.4 Å². The van der Waals surface area contributed by atoms with Gasteiger partial charge in [-0.25, -0.2) is 0 Å². The summed E-state index contributed by atoms with van der Waals surface area (Å²) in [6, 6.07) is 9.79. The number of rotatable bonds is 3. The summed E-state index contributed by atoms with van der Waals surface area (Å²) in [4.78, 5) is 1.88. The van der Waals surface area contributed by atoms with E-state index in [0.29, 0.717) is 12.8 Å². The molecule has 1 aromatic carbocycles. The molecule has 104 valence electrons. The third-order valence-corrected chi connectivity index (χ3v) is 3.68. The third-order valence-electron chi connectivity index (χ3n) is 3.68. The molecule has 0 aliphatic carbocycles. The number of hydrogen-bond donors (Lipinski definition) is 3. The van der Waals surface area contributed by atoms with Gasteiger partial charge in [0.1, 0.15) is 6.17 Å². The Morgan fingerprint density at radius 3 is 2.80 bits per heavy atom. The largest absolute Gasteiger partial charge is 0.494 e. The summed E-state index contributed by atoms with van der Waals surface area (Å²) >= 11 is 0. The molecule has 0 fully saturated rings. The van der Waals surface area contributed by atoms with Gasteiger partial charge in [-0.2, -0.15) is 0 Å². The highest BCUT2D eigenvalue weighted by molar-refractivity contribution is 5.57. The molecule has 2 heterocycles. The van der Waals surface area contributed by atoms with Crippen molar-refractivity contribution in [3.05, 3.63) is 65.7 Å². The topological polar surface area (TPSA) is 55.7 Å². The molecule has 1 aromatic rings. The van der Waals surface area contributed by atoms with E-state index in [4.69, 9.17) is 0 Å². The fourth-order valence-corrected chi connectivity index (χ4v) is 2.73. The number of aliphatic hydroxyl groups excluding tert-OH is 2. The van der Waals surface area contributed by atoms with Crippen LogP contribution in [0.1, 0.15) is 12.8 Å². The molecule has 3 rings (SSSR count). The predicted octanol–water partition coefficient (Wildman–Crippen LogP) is 2.42. The van der Waals surface area contributed by atoms with Crippen molar-refractivity contribution in [3.63, 3.8) is 0 Å². The summed E-state index contributed by atoms with van der Waals surface area (Å²) in [5.41, 5.74) is 2.99. The highest BCUT2D eigenvalue weighted by Gasteiger charge is 2.32. The van der Waals surface area contributed by atoms with Crippen LogP contribution in [0.25, 0.3) is 0 Å². The number of nitrogens with zero attached hydrogens (tertiary/aromatic N) is 1. The molecule has 2 aliphatic rings. The lowest BCUT2D eigenvalue weighted by Gasteiger charge is -2.40. The minimum Gasteiger partial charge on any atom is -0.494 e. The molecule has 1 unspecified atom stereocenters. The van der Waals surface area contributed by atoms with E-state index in [1.165, 1.54) is 5.57 Å². The van der Waals surface area contributed by atoms with E-state index >= 15 is 0 Å². The molecule has 4 nitrogen and oxygen atoms in total. The minimum atomic E-state index is -0.0650. The van der Waals surface area contributed by atoms with Crippen LogP contribution in [0.5, 0.6) is 0 Å². The lowest BCUT2D eigenvalue weighted by Crippen LogP contribution is -2.48. The number of dihydropyridines is 1. The van der Waals surface area contributed by atoms with Crippen LogP contribution in [0.2, 0.25) is 0 Å². The zero-order valence-electron chi connectivity index (χ0n) is 11.2. The van der Waals surface area contributed by atoms with Crippen LogP contribution in [0.3, 0.4) is 0 Å². The van der Waals surface area contributed by atoms with Gasteiger partial charge in [0.05, 0.1) is 0 Å². The number of allylic oxidation sites excluding steroid dienone is 2. The van der Waals surface area contributed by atoms with E-state index in [1.54, 1.807) is 0 Å². The first-order valence-electron chi connectivity index (χ1n) is 6.79. The highest BCUT2D eigenvalue weighted by Crippen LogP contribution is 2.35. The van der Waals surface area contributed by atoms with Gasteiger partial charge in [0.15, 0.2) is 5.88 Å². The van der Waals surface area contributed by atoms with Gasteiger partial charge in [-0.1, -0.05) is 24.3 Å². The van der Waals surface area contributed by atoms with Crippen molar-refractivity contribution in [3.8, 4) is 0 Å². The van der Waals surface area contributed by atoms with E-state index in [0.717, 1.165) is 11.3 Å². The Balaban J connectivity index is 2.05. The first-order valence-corrected chi connectivity index (χ1v) is 6.79. The van der Waals surface area contributed by atoms with Gasteiger partial charge in [0, 0.05) is 12.3 Å².